The van der Waals surface area contributed by atoms with Crippen LogP contribution in [-0.4, -0.2) is 22.4 Å². The molecule has 0 amide bonds. The largest absolute Gasteiger partial charge is 0.314 e. The van der Waals surface area contributed by atoms with Crippen molar-refractivity contribution in [3.63, 3.8) is 0 Å². The zero-order valence-corrected chi connectivity index (χ0v) is 11.8. The highest BCUT2D eigenvalue weighted by molar-refractivity contribution is 6.33. The highest BCUT2D eigenvalue weighted by atomic mass is 35.5. The Morgan fingerprint density at radius 2 is 2.21 bits per heavy atom. The van der Waals surface area contributed by atoms with Crippen LogP contribution in [0, 0.1) is 0 Å². The molecule has 1 atom stereocenters. The Balaban J connectivity index is 1.96. The van der Waals surface area contributed by atoms with Gasteiger partial charge in [0.05, 0.1) is 6.20 Å². The fourth-order valence-electron chi connectivity index (χ4n) is 2.77. The third-order valence-corrected chi connectivity index (χ3v) is 4.16. The summed E-state index contributed by atoms with van der Waals surface area (Å²) in [5, 5.41) is 8.74. The molecule has 1 aliphatic rings. The summed E-state index contributed by atoms with van der Waals surface area (Å²) in [7, 11) is 2.00. The minimum absolute atomic E-state index is 0.566. The van der Waals surface area contributed by atoms with Crippen LogP contribution in [0.2, 0.25) is 5.02 Å². The Bertz CT molecular complexity index is 571. The number of aromatic nitrogens is 2. The summed E-state index contributed by atoms with van der Waals surface area (Å²) in [4.78, 5) is 0. The van der Waals surface area contributed by atoms with Gasteiger partial charge in [0.2, 0.25) is 0 Å². The fourth-order valence-corrected chi connectivity index (χ4v) is 3.01. The summed E-state index contributed by atoms with van der Waals surface area (Å²) in [6, 6.07) is 8.54. The van der Waals surface area contributed by atoms with Gasteiger partial charge < -0.3 is 5.32 Å². The van der Waals surface area contributed by atoms with E-state index in [1.165, 1.54) is 18.5 Å². The lowest BCUT2D eigenvalue weighted by Crippen LogP contribution is -2.25. The topological polar surface area (TPSA) is 29.9 Å². The van der Waals surface area contributed by atoms with E-state index in [0.29, 0.717) is 6.04 Å². The predicted octanol–water partition coefficient (Wildman–Crippen LogP) is 3.04. The highest BCUT2D eigenvalue weighted by Crippen LogP contribution is 2.31. The molecule has 3 nitrogen and oxygen atoms in total. The zero-order chi connectivity index (χ0) is 13.2. The van der Waals surface area contributed by atoms with Gasteiger partial charge in [0, 0.05) is 41.4 Å². The second-order valence-electron chi connectivity index (χ2n) is 5.11. The zero-order valence-electron chi connectivity index (χ0n) is 11.1. The van der Waals surface area contributed by atoms with Gasteiger partial charge in [0.15, 0.2) is 0 Å². The first kappa shape index (κ1) is 12.7. The maximum Gasteiger partial charge on any atom is 0.0571 e. The predicted molar refractivity (Wildman–Crippen MR) is 78.4 cm³/mol. The Labute approximate surface area is 118 Å². The minimum Gasteiger partial charge on any atom is -0.314 e. The van der Waals surface area contributed by atoms with E-state index < -0.39 is 0 Å². The molecule has 4 heteroatoms. The normalized spacial score (nSPS) is 18.9. The Hall–Kier alpha value is -1.32. The second kappa shape index (κ2) is 5.35. The first-order valence-corrected chi connectivity index (χ1v) is 7.12. The first-order chi connectivity index (χ1) is 9.25. The van der Waals surface area contributed by atoms with Gasteiger partial charge >= 0.3 is 0 Å². The first-order valence-electron chi connectivity index (χ1n) is 6.75. The van der Waals surface area contributed by atoms with Gasteiger partial charge in [0.25, 0.3) is 0 Å². The second-order valence-corrected chi connectivity index (χ2v) is 5.51. The van der Waals surface area contributed by atoms with E-state index in [1.807, 2.05) is 36.1 Å². The van der Waals surface area contributed by atoms with Crippen LogP contribution >= 0.6 is 11.6 Å². The molecule has 1 aliphatic heterocycles. The molecule has 0 saturated carbocycles. The standard InChI is InChI=1S/C15H18ClN3/c1-19-15(9-11-5-4-8-17-11)13(10-18-19)12-6-2-3-7-14(12)16/h2-3,6-7,10-11,17H,4-5,8-9H2,1H3. The van der Waals surface area contributed by atoms with E-state index in [2.05, 4.69) is 16.5 Å². The van der Waals surface area contributed by atoms with Crippen molar-refractivity contribution in [2.75, 3.05) is 6.54 Å². The van der Waals surface area contributed by atoms with E-state index >= 15 is 0 Å². The van der Waals surface area contributed by atoms with Crippen molar-refractivity contribution in [3.05, 3.63) is 41.2 Å². The van der Waals surface area contributed by atoms with Gasteiger partial charge in [0.1, 0.15) is 0 Å². The SMILES string of the molecule is Cn1ncc(-c2ccccc2Cl)c1CC1CCCN1. The molecule has 1 N–H and O–H groups in total. The molecule has 1 fully saturated rings. The molecule has 1 saturated heterocycles. The summed E-state index contributed by atoms with van der Waals surface area (Å²) in [6.45, 7) is 1.13. The van der Waals surface area contributed by atoms with Gasteiger partial charge in [-0.05, 0) is 25.5 Å². The summed E-state index contributed by atoms with van der Waals surface area (Å²) >= 11 is 6.30. The van der Waals surface area contributed by atoms with Crippen LogP contribution in [0.15, 0.2) is 30.5 Å². The molecular formula is C15H18ClN3. The van der Waals surface area contributed by atoms with E-state index in [-0.39, 0.29) is 0 Å². The smallest absolute Gasteiger partial charge is 0.0571 e. The summed E-state index contributed by atoms with van der Waals surface area (Å²) in [5.41, 5.74) is 3.49. The Morgan fingerprint density at radius 3 is 2.95 bits per heavy atom. The van der Waals surface area contributed by atoms with Crippen molar-refractivity contribution in [1.82, 2.24) is 15.1 Å². The van der Waals surface area contributed by atoms with Crippen LogP contribution in [0.25, 0.3) is 11.1 Å². The van der Waals surface area contributed by atoms with E-state index in [1.54, 1.807) is 0 Å². The van der Waals surface area contributed by atoms with Crippen molar-refractivity contribution in [2.24, 2.45) is 7.05 Å². The van der Waals surface area contributed by atoms with Crippen LogP contribution in [0.1, 0.15) is 18.5 Å². The molecule has 1 aromatic carbocycles. The Morgan fingerprint density at radius 1 is 1.37 bits per heavy atom. The summed E-state index contributed by atoms with van der Waals surface area (Å²) < 4.78 is 1.97. The van der Waals surface area contributed by atoms with Crippen LogP contribution in [0.5, 0.6) is 0 Å². The molecule has 0 radical (unpaired) electrons. The number of aryl methyl sites for hydroxylation is 1. The average Bonchev–Trinajstić information content (AvgIpc) is 3.03. The number of nitrogens with one attached hydrogen (secondary N) is 1. The third kappa shape index (κ3) is 2.53. The van der Waals surface area contributed by atoms with Crippen LogP contribution in [0.4, 0.5) is 0 Å². The van der Waals surface area contributed by atoms with Crippen LogP contribution < -0.4 is 5.32 Å². The molecule has 0 spiro atoms. The lowest BCUT2D eigenvalue weighted by Gasteiger charge is -2.13. The molecule has 100 valence electrons. The molecular weight excluding hydrogens is 258 g/mol. The minimum atomic E-state index is 0.566. The highest BCUT2D eigenvalue weighted by Gasteiger charge is 2.20. The lowest BCUT2D eigenvalue weighted by atomic mass is 10.0. The van der Waals surface area contributed by atoms with Crippen molar-refractivity contribution in [3.8, 4) is 11.1 Å². The monoisotopic (exact) mass is 275 g/mol. The quantitative estimate of drug-likeness (QED) is 0.933. The van der Waals surface area contributed by atoms with Crippen LogP contribution in [0.3, 0.4) is 0 Å². The number of rotatable bonds is 3. The lowest BCUT2D eigenvalue weighted by molar-refractivity contribution is 0.571. The van der Waals surface area contributed by atoms with Gasteiger partial charge in [-0.3, -0.25) is 4.68 Å². The molecule has 1 unspecified atom stereocenters. The van der Waals surface area contributed by atoms with E-state index in [4.69, 9.17) is 11.6 Å². The van der Waals surface area contributed by atoms with Gasteiger partial charge in [-0.2, -0.15) is 5.10 Å². The third-order valence-electron chi connectivity index (χ3n) is 3.83. The maximum atomic E-state index is 6.30. The van der Waals surface area contributed by atoms with Gasteiger partial charge in [-0.25, -0.2) is 0 Å². The number of hydrogen-bond acceptors (Lipinski definition) is 2. The number of halogens is 1. The number of nitrogens with zero attached hydrogens (tertiary/aromatic N) is 2. The Kier molecular flexibility index (Phi) is 3.58. The number of benzene rings is 1. The summed E-state index contributed by atoms with van der Waals surface area (Å²) in [6.07, 6.45) is 5.44. The number of hydrogen-bond donors (Lipinski definition) is 1. The van der Waals surface area contributed by atoms with Crippen molar-refractivity contribution >= 4 is 11.6 Å². The van der Waals surface area contributed by atoms with Crippen molar-refractivity contribution in [2.45, 2.75) is 25.3 Å². The van der Waals surface area contributed by atoms with E-state index in [9.17, 15) is 0 Å². The molecule has 0 bridgehead atoms. The van der Waals surface area contributed by atoms with Crippen molar-refractivity contribution in [1.29, 1.82) is 0 Å². The van der Waals surface area contributed by atoms with Gasteiger partial charge in [-0.1, -0.05) is 29.8 Å². The molecule has 2 heterocycles. The molecule has 1 aromatic heterocycles. The molecule has 0 aliphatic carbocycles. The fraction of sp³-hybridized carbons (Fsp3) is 0.400. The van der Waals surface area contributed by atoms with Gasteiger partial charge in [-0.15, -0.1) is 0 Å². The van der Waals surface area contributed by atoms with Crippen molar-refractivity contribution < 1.29 is 0 Å². The molecule has 3 rings (SSSR count). The van der Waals surface area contributed by atoms with Crippen LogP contribution in [-0.2, 0) is 13.5 Å². The van der Waals surface area contributed by atoms with E-state index in [0.717, 1.165) is 29.1 Å². The molecule has 2 aromatic rings. The average molecular weight is 276 g/mol. The summed E-state index contributed by atoms with van der Waals surface area (Å²) in [5.74, 6) is 0. The molecule has 19 heavy (non-hydrogen) atoms. The maximum absolute atomic E-state index is 6.30.